The van der Waals surface area contributed by atoms with Crippen LogP contribution < -0.4 is 0 Å². The summed E-state index contributed by atoms with van der Waals surface area (Å²) in [7, 11) is 0. The van der Waals surface area contributed by atoms with E-state index in [0.717, 1.165) is 24.0 Å². The monoisotopic (exact) mass is 346 g/mol. The fraction of sp³-hybridized carbons (Fsp3) is 0.750. The fourth-order valence-corrected chi connectivity index (χ4v) is 3.89. The van der Waals surface area contributed by atoms with Crippen molar-refractivity contribution in [3.05, 3.63) is 29.3 Å². The van der Waals surface area contributed by atoms with Gasteiger partial charge in [-0.05, 0) is 34.8 Å². The lowest BCUT2D eigenvalue weighted by Crippen LogP contribution is -2.21. The van der Waals surface area contributed by atoms with Gasteiger partial charge in [-0.1, -0.05) is 111 Å². The molecule has 0 radical (unpaired) electrons. The molecular formula is C24H42O. The second-order valence-corrected chi connectivity index (χ2v) is 9.09. The van der Waals surface area contributed by atoms with Crippen molar-refractivity contribution in [2.24, 2.45) is 0 Å². The Bertz CT molecular complexity index is 457. The van der Waals surface area contributed by atoms with Crippen LogP contribution in [0.2, 0.25) is 0 Å². The molecule has 0 spiro atoms. The lowest BCUT2D eigenvalue weighted by Gasteiger charge is -2.31. The molecule has 0 saturated carbocycles. The van der Waals surface area contributed by atoms with Gasteiger partial charge in [0.15, 0.2) is 0 Å². The highest BCUT2D eigenvalue weighted by molar-refractivity contribution is 5.47. The van der Waals surface area contributed by atoms with Gasteiger partial charge in [0.1, 0.15) is 5.75 Å². The van der Waals surface area contributed by atoms with Crippen LogP contribution in [0.15, 0.2) is 18.2 Å². The Kier molecular flexibility index (Phi) is 9.03. The van der Waals surface area contributed by atoms with E-state index in [1.807, 2.05) is 0 Å². The summed E-state index contributed by atoms with van der Waals surface area (Å²) in [5.74, 6) is 0.545. The van der Waals surface area contributed by atoms with Crippen molar-refractivity contribution < 1.29 is 5.11 Å². The van der Waals surface area contributed by atoms with Crippen LogP contribution in [0.3, 0.4) is 0 Å². The van der Waals surface area contributed by atoms with Crippen LogP contribution in [-0.4, -0.2) is 5.11 Å². The van der Waals surface area contributed by atoms with Gasteiger partial charge in [0.2, 0.25) is 0 Å². The Morgan fingerprint density at radius 1 is 0.680 bits per heavy atom. The minimum Gasteiger partial charge on any atom is -0.507 e. The maximum Gasteiger partial charge on any atom is 0.123 e. The molecule has 25 heavy (non-hydrogen) atoms. The lowest BCUT2D eigenvalue weighted by molar-refractivity contribution is 0.379. The quantitative estimate of drug-likeness (QED) is 0.381. The molecule has 1 rings (SSSR count). The van der Waals surface area contributed by atoms with E-state index in [1.165, 1.54) is 51.4 Å². The zero-order chi connectivity index (χ0) is 18.9. The first-order chi connectivity index (χ1) is 11.8. The first-order valence-electron chi connectivity index (χ1n) is 10.6. The van der Waals surface area contributed by atoms with E-state index >= 15 is 0 Å². The van der Waals surface area contributed by atoms with Crippen LogP contribution >= 0.6 is 0 Å². The maximum absolute atomic E-state index is 11.1. The molecule has 0 fully saturated rings. The molecule has 0 saturated heterocycles. The minimum absolute atomic E-state index is 0.0339. The fourth-order valence-electron chi connectivity index (χ4n) is 3.89. The third kappa shape index (κ3) is 6.68. The normalized spacial score (nSPS) is 12.6. The van der Waals surface area contributed by atoms with Crippen LogP contribution in [0.5, 0.6) is 5.75 Å². The van der Waals surface area contributed by atoms with Crippen LogP contribution in [0, 0.1) is 0 Å². The van der Waals surface area contributed by atoms with Gasteiger partial charge in [0.05, 0.1) is 0 Å². The SMILES string of the molecule is CCCCCCC(C)(C)c1cccc(C(C)(C)CCCCCC)c1O. The van der Waals surface area contributed by atoms with Crippen molar-refractivity contribution in [2.45, 2.75) is 117 Å². The average Bonchev–Trinajstić information content (AvgIpc) is 2.55. The molecule has 1 nitrogen and oxygen atoms in total. The number of rotatable bonds is 12. The summed E-state index contributed by atoms with van der Waals surface area (Å²) in [6.07, 6.45) is 12.5. The minimum atomic E-state index is 0.0339. The van der Waals surface area contributed by atoms with Crippen LogP contribution in [0.4, 0.5) is 0 Å². The standard InChI is InChI=1S/C24H42O/c1-7-9-11-13-18-23(3,4)20-16-15-17-21(22(20)25)24(5,6)19-14-12-10-8-2/h15-17,25H,7-14,18-19H2,1-6H3. The molecule has 0 unspecified atom stereocenters. The summed E-state index contributed by atoms with van der Waals surface area (Å²) in [5.41, 5.74) is 2.32. The molecule has 0 bridgehead atoms. The molecular weight excluding hydrogens is 304 g/mol. The van der Waals surface area contributed by atoms with Crippen LogP contribution in [0.1, 0.15) is 117 Å². The van der Waals surface area contributed by atoms with E-state index in [9.17, 15) is 5.11 Å². The summed E-state index contributed by atoms with van der Waals surface area (Å²) in [5, 5.41) is 11.1. The number of phenols is 1. The molecule has 0 atom stereocenters. The molecule has 0 aromatic heterocycles. The Balaban J connectivity index is 2.89. The highest BCUT2D eigenvalue weighted by Gasteiger charge is 2.29. The van der Waals surface area contributed by atoms with Gasteiger partial charge in [-0.25, -0.2) is 0 Å². The number of hydrogen-bond acceptors (Lipinski definition) is 1. The van der Waals surface area contributed by atoms with Gasteiger partial charge < -0.3 is 5.11 Å². The number of benzene rings is 1. The number of unbranched alkanes of at least 4 members (excludes halogenated alkanes) is 6. The van der Waals surface area contributed by atoms with E-state index in [1.54, 1.807) is 0 Å². The van der Waals surface area contributed by atoms with Gasteiger partial charge in [0, 0.05) is 0 Å². The molecule has 1 heteroatoms. The Labute approximate surface area is 157 Å². The molecule has 0 heterocycles. The number of phenolic OH excluding ortho intramolecular Hbond substituents is 1. The van der Waals surface area contributed by atoms with Crippen LogP contribution in [0.25, 0.3) is 0 Å². The molecule has 1 aromatic carbocycles. The molecule has 144 valence electrons. The first kappa shape index (κ1) is 22.1. The van der Waals surface area contributed by atoms with E-state index in [-0.39, 0.29) is 10.8 Å². The van der Waals surface area contributed by atoms with Crippen molar-refractivity contribution in [3.8, 4) is 5.75 Å². The third-order valence-corrected chi connectivity index (χ3v) is 5.80. The van der Waals surface area contributed by atoms with E-state index in [2.05, 4.69) is 59.7 Å². The summed E-state index contributed by atoms with van der Waals surface area (Å²) in [4.78, 5) is 0. The third-order valence-electron chi connectivity index (χ3n) is 5.80. The lowest BCUT2D eigenvalue weighted by atomic mass is 9.74. The smallest absolute Gasteiger partial charge is 0.123 e. The summed E-state index contributed by atoms with van der Waals surface area (Å²) in [6, 6.07) is 6.41. The van der Waals surface area contributed by atoms with Crippen molar-refractivity contribution >= 4 is 0 Å². The predicted octanol–water partition coefficient (Wildman–Crippen LogP) is 7.89. The molecule has 0 aliphatic heterocycles. The van der Waals surface area contributed by atoms with Gasteiger partial charge in [-0.3, -0.25) is 0 Å². The van der Waals surface area contributed by atoms with Gasteiger partial charge in [-0.15, -0.1) is 0 Å². The molecule has 1 N–H and O–H groups in total. The summed E-state index contributed by atoms with van der Waals surface area (Å²) >= 11 is 0. The second kappa shape index (κ2) is 10.2. The summed E-state index contributed by atoms with van der Waals surface area (Å²) in [6.45, 7) is 13.6. The second-order valence-electron chi connectivity index (χ2n) is 9.09. The van der Waals surface area contributed by atoms with Gasteiger partial charge in [-0.2, -0.15) is 0 Å². The zero-order valence-corrected chi connectivity index (χ0v) is 17.8. The van der Waals surface area contributed by atoms with Crippen molar-refractivity contribution in [2.75, 3.05) is 0 Å². The Morgan fingerprint density at radius 2 is 1.08 bits per heavy atom. The molecule has 0 aliphatic rings. The average molecular weight is 347 g/mol. The highest BCUT2D eigenvalue weighted by atomic mass is 16.3. The Morgan fingerprint density at radius 3 is 1.44 bits per heavy atom. The first-order valence-corrected chi connectivity index (χ1v) is 10.6. The highest BCUT2D eigenvalue weighted by Crippen LogP contribution is 2.42. The van der Waals surface area contributed by atoms with Crippen LogP contribution in [-0.2, 0) is 10.8 Å². The molecule has 0 amide bonds. The number of aromatic hydroxyl groups is 1. The van der Waals surface area contributed by atoms with Crippen molar-refractivity contribution in [1.29, 1.82) is 0 Å². The molecule has 0 aliphatic carbocycles. The topological polar surface area (TPSA) is 20.2 Å². The zero-order valence-electron chi connectivity index (χ0n) is 17.8. The molecule has 1 aromatic rings. The predicted molar refractivity (Wildman–Crippen MR) is 112 cm³/mol. The van der Waals surface area contributed by atoms with E-state index < -0.39 is 0 Å². The van der Waals surface area contributed by atoms with Crippen molar-refractivity contribution in [1.82, 2.24) is 0 Å². The van der Waals surface area contributed by atoms with Gasteiger partial charge >= 0.3 is 0 Å². The number of para-hydroxylation sites is 1. The summed E-state index contributed by atoms with van der Waals surface area (Å²) < 4.78 is 0. The number of hydrogen-bond donors (Lipinski definition) is 1. The van der Waals surface area contributed by atoms with Crippen molar-refractivity contribution in [3.63, 3.8) is 0 Å². The van der Waals surface area contributed by atoms with E-state index in [4.69, 9.17) is 0 Å². The van der Waals surface area contributed by atoms with E-state index in [0.29, 0.717) is 5.75 Å². The largest absolute Gasteiger partial charge is 0.507 e. The van der Waals surface area contributed by atoms with Gasteiger partial charge in [0.25, 0.3) is 0 Å². The maximum atomic E-state index is 11.1. The Hall–Kier alpha value is -0.980.